The number of nitrogens with zero attached hydrogens (tertiary/aromatic N) is 2. The molecule has 3 nitrogen and oxygen atoms in total. The summed E-state index contributed by atoms with van der Waals surface area (Å²) in [6.07, 6.45) is 3.61. The molecule has 0 aliphatic heterocycles. The monoisotopic (exact) mass is 279 g/mol. The number of halogens is 1. The van der Waals surface area contributed by atoms with Gasteiger partial charge in [0.1, 0.15) is 5.01 Å². The molecule has 3 aromatic heterocycles. The average molecular weight is 279 g/mol. The van der Waals surface area contributed by atoms with Gasteiger partial charge >= 0.3 is 0 Å². The van der Waals surface area contributed by atoms with Gasteiger partial charge in [-0.2, -0.15) is 4.39 Å². The first kappa shape index (κ1) is 11.6. The molecule has 18 heavy (non-hydrogen) atoms. The minimum absolute atomic E-state index is 0.249. The number of hydrogen-bond donors (Lipinski definition) is 1. The molecule has 0 aliphatic rings. The Morgan fingerprint density at radius 3 is 2.83 bits per heavy atom. The molecule has 0 bridgehead atoms. The summed E-state index contributed by atoms with van der Waals surface area (Å²) in [6.45, 7) is 2.02. The van der Waals surface area contributed by atoms with Crippen molar-refractivity contribution in [2.45, 2.75) is 13.3 Å². The van der Waals surface area contributed by atoms with E-state index in [-0.39, 0.29) is 5.13 Å². The van der Waals surface area contributed by atoms with Crippen molar-refractivity contribution in [3.63, 3.8) is 0 Å². The zero-order valence-corrected chi connectivity index (χ0v) is 11.2. The van der Waals surface area contributed by atoms with Crippen LogP contribution in [0.2, 0.25) is 0 Å². The first-order valence-electron chi connectivity index (χ1n) is 5.38. The Morgan fingerprint density at radius 1 is 1.33 bits per heavy atom. The van der Waals surface area contributed by atoms with Gasteiger partial charge < -0.3 is 5.73 Å². The van der Waals surface area contributed by atoms with E-state index in [0.29, 0.717) is 6.42 Å². The maximum atomic E-state index is 12.9. The quantitative estimate of drug-likeness (QED) is 0.782. The van der Waals surface area contributed by atoms with Crippen LogP contribution < -0.4 is 5.73 Å². The second-order valence-electron chi connectivity index (χ2n) is 3.96. The summed E-state index contributed by atoms with van der Waals surface area (Å²) in [5, 5.41) is 0.530. The van der Waals surface area contributed by atoms with Crippen molar-refractivity contribution in [1.82, 2.24) is 9.97 Å². The Bertz CT molecular complexity index is 717. The standard InChI is InChI=1S/C12H10FN3S2/c1-6-8(4-10-16-5-9(13)18-10)17-12-7(14)2-3-15-11(6)12/h2-3,5H,4H2,1H3,(H2,14,15). The minimum atomic E-state index is -0.249. The maximum absolute atomic E-state index is 12.9. The van der Waals surface area contributed by atoms with Gasteiger partial charge in [-0.1, -0.05) is 11.3 Å². The molecule has 0 atom stereocenters. The van der Waals surface area contributed by atoms with Crippen molar-refractivity contribution in [2.75, 3.05) is 5.73 Å². The molecular weight excluding hydrogens is 269 g/mol. The first-order chi connectivity index (χ1) is 8.65. The van der Waals surface area contributed by atoms with E-state index in [2.05, 4.69) is 9.97 Å². The number of aromatic nitrogens is 2. The summed E-state index contributed by atoms with van der Waals surface area (Å²) in [5.74, 6) is 0. The number of aryl methyl sites for hydroxylation is 1. The second-order valence-corrected chi connectivity index (χ2v) is 6.13. The van der Waals surface area contributed by atoms with Crippen LogP contribution in [0, 0.1) is 12.1 Å². The molecule has 0 saturated carbocycles. The Hall–Kier alpha value is -1.53. The van der Waals surface area contributed by atoms with Crippen molar-refractivity contribution in [3.05, 3.63) is 39.0 Å². The van der Waals surface area contributed by atoms with E-state index in [1.54, 1.807) is 23.6 Å². The summed E-state index contributed by atoms with van der Waals surface area (Å²) in [5.41, 5.74) is 8.72. The van der Waals surface area contributed by atoms with Crippen LogP contribution in [0.5, 0.6) is 0 Å². The molecule has 3 rings (SSSR count). The van der Waals surface area contributed by atoms with E-state index >= 15 is 0 Å². The average Bonchev–Trinajstić information content (AvgIpc) is 2.88. The topological polar surface area (TPSA) is 51.8 Å². The predicted molar refractivity (Wildman–Crippen MR) is 73.6 cm³/mol. The molecule has 0 fully saturated rings. The molecule has 92 valence electrons. The van der Waals surface area contributed by atoms with Crippen LogP contribution in [0.1, 0.15) is 15.4 Å². The molecule has 0 aromatic carbocycles. The van der Waals surface area contributed by atoms with Crippen LogP contribution in [-0.2, 0) is 6.42 Å². The lowest BCUT2D eigenvalue weighted by Gasteiger charge is -1.95. The number of pyridine rings is 1. The molecule has 0 radical (unpaired) electrons. The van der Waals surface area contributed by atoms with Gasteiger partial charge in [-0.15, -0.1) is 11.3 Å². The summed E-state index contributed by atoms with van der Waals surface area (Å²) in [7, 11) is 0. The highest BCUT2D eigenvalue weighted by atomic mass is 32.1. The van der Waals surface area contributed by atoms with Gasteiger partial charge in [0.15, 0.2) is 5.13 Å². The van der Waals surface area contributed by atoms with Gasteiger partial charge in [-0.05, 0) is 18.6 Å². The highest BCUT2D eigenvalue weighted by Crippen LogP contribution is 2.34. The molecule has 0 saturated heterocycles. The molecule has 0 amide bonds. The number of nitrogens with two attached hydrogens (primary N) is 1. The van der Waals surface area contributed by atoms with Crippen LogP contribution in [0.4, 0.5) is 10.1 Å². The number of thiophene rings is 1. The van der Waals surface area contributed by atoms with Crippen molar-refractivity contribution in [2.24, 2.45) is 0 Å². The van der Waals surface area contributed by atoms with Crippen molar-refractivity contribution < 1.29 is 4.39 Å². The SMILES string of the molecule is Cc1c(Cc2ncc(F)s2)sc2c(N)ccnc12. The Labute approximate surface area is 111 Å². The lowest BCUT2D eigenvalue weighted by molar-refractivity contribution is 0.653. The largest absolute Gasteiger partial charge is 0.397 e. The number of rotatable bonds is 2. The van der Waals surface area contributed by atoms with Crippen molar-refractivity contribution >= 4 is 38.6 Å². The van der Waals surface area contributed by atoms with E-state index in [1.807, 2.05) is 6.92 Å². The zero-order valence-electron chi connectivity index (χ0n) is 9.61. The zero-order chi connectivity index (χ0) is 12.7. The third kappa shape index (κ3) is 1.87. The smallest absolute Gasteiger partial charge is 0.196 e. The number of thiazole rings is 1. The third-order valence-electron chi connectivity index (χ3n) is 2.77. The highest BCUT2D eigenvalue weighted by molar-refractivity contribution is 7.20. The molecular formula is C12H10FN3S2. The molecule has 3 heterocycles. The first-order valence-corrected chi connectivity index (χ1v) is 7.01. The van der Waals surface area contributed by atoms with Crippen molar-refractivity contribution in [1.29, 1.82) is 0 Å². The van der Waals surface area contributed by atoms with E-state index in [9.17, 15) is 4.39 Å². The second kappa shape index (κ2) is 4.29. The van der Waals surface area contributed by atoms with Crippen LogP contribution >= 0.6 is 22.7 Å². The van der Waals surface area contributed by atoms with Gasteiger partial charge in [-0.3, -0.25) is 4.98 Å². The number of nitrogen functional groups attached to an aromatic ring is 1. The lowest BCUT2D eigenvalue weighted by atomic mass is 10.2. The van der Waals surface area contributed by atoms with Gasteiger partial charge in [0.05, 0.1) is 22.1 Å². The molecule has 3 aromatic rings. The number of hydrogen-bond acceptors (Lipinski definition) is 5. The van der Waals surface area contributed by atoms with Gasteiger partial charge in [0, 0.05) is 17.5 Å². The molecule has 0 unspecified atom stereocenters. The molecule has 0 aliphatic carbocycles. The summed E-state index contributed by atoms with van der Waals surface area (Å²) >= 11 is 2.69. The Kier molecular flexibility index (Phi) is 2.76. The Balaban J connectivity index is 2.07. The van der Waals surface area contributed by atoms with Crippen LogP contribution in [-0.4, -0.2) is 9.97 Å². The maximum Gasteiger partial charge on any atom is 0.196 e. The van der Waals surface area contributed by atoms with E-state index in [4.69, 9.17) is 5.73 Å². The number of anilines is 1. The van der Waals surface area contributed by atoms with Crippen molar-refractivity contribution in [3.8, 4) is 0 Å². The molecule has 2 N–H and O–H groups in total. The summed E-state index contributed by atoms with van der Waals surface area (Å²) in [6, 6.07) is 1.80. The van der Waals surface area contributed by atoms with Gasteiger partial charge in [-0.25, -0.2) is 4.98 Å². The third-order valence-corrected chi connectivity index (χ3v) is 4.89. The van der Waals surface area contributed by atoms with E-state index in [1.165, 1.54) is 6.20 Å². The van der Waals surface area contributed by atoms with Crippen LogP contribution in [0.15, 0.2) is 18.5 Å². The molecule has 0 spiro atoms. The lowest BCUT2D eigenvalue weighted by Crippen LogP contribution is -1.86. The fraction of sp³-hybridized carbons (Fsp3) is 0.167. The highest BCUT2D eigenvalue weighted by Gasteiger charge is 2.13. The normalized spacial score (nSPS) is 11.2. The van der Waals surface area contributed by atoms with Crippen LogP contribution in [0.3, 0.4) is 0 Å². The van der Waals surface area contributed by atoms with Crippen LogP contribution in [0.25, 0.3) is 10.2 Å². The summed E-state index contributed by atoms with van der Waals surface area (Å²) in [4.78, 5) is 9.53. The minimum Gasteiger partial charge on any atom is -0.397 e. The van der Waals surface area contributed by atoms with Gasteiger partial charge in [0.25, 0.3) is 0 Å². The summed E-state index contributed by atoms with van der Waals surface area (Å²) < 4.78 is 13.9. The fourth-order valence-electron chi connectivity index (χ4n) is 1.85. The molecule has 6 heteroatoms. The van der Waals surface area contributed by atoms with Gasteiger partial charge in [0.2, 0.25) is 0 Å². The fourth-order valence-corrected chi connectivity index (χ4v) is 3.78. The van der Waals surface area contributed by atoms with E-state index in [0.717, 1.165) is 42.7 Å². The predicted octanol–water partition coefficient (Wildman–Crippen LogP) is 3.37. The number of fused-ring (bicyclic) bond motifs is 1. The van der Waals surface area contributed by atoms with E-state index < -0.39 is 0 Å². The Morgan fingerprint density at radius 2 is 2.17 bits per heavy atom.